The summed E-state index contributed by atoms with van der Waals surface area (Å²) in [5.74, 6) is -2.54. The van der Waals surface area contributed by atoms with Crippen molar-refractivity contribution in [2.24, 2.45) is 0 Å². The van der Waals surface area contributed by atoms with Crippen molar-refractivity contribution in [1.29, 1.82) is 0 Å². The van der Waals surface area contributed by atoms with Gasteiger partial charge in [-0.1, -0.05) is 36.4 Å². The van der Waals surface area contributed by atoms with Gasteiger partial charge in [-0.25, -0.2) is 4.39 Å². The van der Waals surface area contributed by atoms with Crippen LogP contribution in [0.15, 0.2) is 78.5 Å². The number of methoxy groups -OCH3 is 1. The normalized spacial score (nSPS) is 17.7. The third kappa shape index (κ3) is 3.77. The Kier molecular flexibility index (Phi) is 5.49. The molecule has 156 valence electrons. The van der Waals surface area contributed by atoms with Gasteiger partial charge in [-0.2, -0.15) is 0 Å². The Morgan fingerprint density at radius 2 is 1.84 bits per heavy atom. The van der Waals surface area contributed by atoms with Gasteiger partial charge in [0.25, 0.3) is 11.7 Å². The van der Waals surface area contributed by atoms with E-state index in [0.717, 1.165) is 6.07 Å². The molecule has 0 saturated carbocycles. The van der Waals surface area contributed by atoms with Gasteiger partial charge in [-0.3, -0.25) is 14.6 Å². The van der Waals surface area contributed by atoms with Gasteiger partial charge < -0.3 is 14.7 Å². The highest BCUT2D eigenvalue weighted by Crippen LogP contribution is 2.41. The number of benzene rings is 2. The Balaban J connectivity index is 1.90. The fraction of sp³-hybridized carbons (Fsp3) is 0.125. The predicted octanol–water partition coefficient (Wildman–Crippen LogP) is 3.85. The molecule has 0 bridgehead atoms. The van der Waals surface area contributed by atoms with E-state index in [1.807, 2.05) is 6.07 Å². The second-order valence-electron chi connectivity index (χ2n) is 7.00. The van der Waals surface area contributed by atoms with Gasteiger partial charge in [-0.05, 0) is 35.9 Å². The monoisotopic (exact) mass is 418 g/mol. The molecule has 3 aromatic rings. The van der Waals surface area contributed by atoms with E-state index in [0.29, 0.717) is 11.3 Å². The van der Waals surface area contributed by atoms with Gasteiger partial charge in [0.1, 0.15) is 17.3 Å². The first-order chi connectivity index (χ1) is 15.0. The zero-order valence-corrected chi connectivity index (χ0v) is 16.7. The third-order valence-electron chi connectivity index (χ3n) is 5.13. The summed E-state index contributed by atoms with van der Waals surface area (Å²) in [6.45, 7) is 0.0715. The molecule has 0 aliphatic carbocycles. The van der Waals surface area contributed by atoms with Crippen molar-refractivity contribution in [3.8, 4) is 5.75 Å². The van der Waals surface area contributed by atoms with E-state index in [1.54, 1.807) is 48.7 Å². The maximum absolute atomic E-state index is 13.9. The summed E-state index contributed by atoms with van der Waals surface area (Å²) in [4.78, 5) is 31.6. The van der Waals surface area contributed by atoms with Crippen LogP contribution in [-0.2, 0) is 16.1 Å². The molecule has 1 aromatic heterocycles. The molecule has 1 fully saturated rings. The first-order valence-corrected chi connectivity index (χ1v) is 9.58. The number of hydrogen-bond acceptors (Lipinski definition) is 5. The lowest BCUT2D eigenvalue weighted by molar-refractivity contribution is -0.140. The van der Waals surface area contributed by atoms with Gasteiger partial charge in [0.2, 0.25) is 0 Å². The molecule has 7 heteroatoms. The summed E-state index contributed by atoms with van der Waals surface area (Å²) in [5.41, 5.74) is 1.10. The number of halogens is 1. The number of amides is 1. The van der Waals surface area contributed by atoms with Crippen LogP contribution in [0.1, 0.15) is 22.9 Å². The number of carbonyl (C=O) groups excluding carboxylic acids is 2. The van der Waals surface area contributed by atoms with E-state index in [9.17, 15) is 19.1 Å². The van der Waals surface area contributed by atoms with E-state index in [2.05, 4.69) is 4.98 Å². The number of aromatic nitrogens is 1. The summed E-state index contributed by atoms with van der Waals surface area (Å²) < 4.78 is 19.2. The molecule has 1 amide bonds. The molecule has 31 heavy (non-hydrogen) atoms. The number of ketones is 1. The summed E-state index contributed by atoms with van der Waals surface area (Å²) in [7, 11) is 1.37. The third-order valence-corrected chi connectivity index (χ3v) is 5.13. The fourth-order valence-corrected chi connectivity index (χ4v) is 3.70. The molecule has 0 spiro atoms. The number of aliphatic hydroxyl groups excluding tert-OH is 1. The SMILES string of the molecule is COc1ccc(F)cc1/C(O)=C1\C(=O)C(=O)N(Cc2ccccn2)C1c1ccccc1. The van der Waals surface area contributed by atoms with Gasteiger partial charge >= 0.3 is 0 Å². The van der Waals surface area contributed by atoms with E-state index < -0.39 is 29.3 Å². The number of carbonyl (C=O) groups is 2. The minimum absolute atomic E-state index is 0.000678. The molecule has 6 nitrogen and oxygen atoms in total. The molecule has 1 aliphatic heterocycles. The van der Waals surface area contributed by atoms with Crippen molar-refractivity contribution in [1.82, 2.24) is 9.88 Å². The predicted molar refractivity (Wildman–Crippen MR) is 111 cm³/mol. The lowest BCUT2D eigenvalue weighted by atomic mass is 9.95. The number of aliphatic hydroxyl groups is 1. The molecular weight excluding hydrogens is 399 g/mol. The number of ether oxygens (including phenoxy) is 1. The summed E-state index contributed by atoms with van der Waals surface area (Å²) in [6, 6.07) is 16.9. The van der Waals surface area contributed by atoms with Gasteiger partial charge in [0.05, 0.1) is 36.5 Å². The van der Waals surface area contributed by atoms with E-state index in [1.165, 1.54) is 24.1 Å². The van der Waals surface area contributed by atoms with Gasteiger partial charge in [0.15, 0.2) is 0 Å². The zero-order valence-electron chi connectivity index (χ0n) is 16.7. The van der Waals surface area contributed by atoms with Crippen LogP contribution in [0.5, 0.6) is 5.75 Å². The molecule has 0 radical (unpaired) electrons. The van der Waals surface area contributed by atoms with Gasteiger partial charge in [0, 0.05) is 6.20 Å². The number of Topliss-reactive ketones (excluding diaryl/α,β-unsaturated/α-hetero) is 1. The molecule has 4 rings (SSSR count). The highest BCUT2D eigenvalue weighted by Gasteiger charge is 2.46. The van der Waals surface area contributed by atoms with E-state index in [-0.39, 0.29) is 23.4 Å². The van der Waals surface area contributed by atoms with Crippen molar-refractivity contribution in [2.45, 2.75) is 12.6 Å². The Morgan fingerprint density at radius 1 is 1.10 bits per heavy atom. The first-order valence-electron chi connectivity index (χ1n) is 9.58. The number of hydrogen-bond donors (Lipinski definition) is 1. The number of likely N-dealkylation sites (tertiary alicyclic amines) is 1. The molecular formula is C24H19FN2O4. The maximum Gasteiger partial charge on any atom is 0.296 e. The average Bonchev–Trinajstić information content (AvgIpc) is 3.04. The molecule has 1 aliphatic rings. The quantitative estimate of drug-likeness (QED) is 0.387. The van der Waals surface area contributed by atoms with Crippen LogP contribution < -0.4 is 4.74 Å². The minimum Gasteiger partial charge on any atom is -0.507 e. The number of rotatable bonds is 5. The number of nitrogens with zero attached hydrogens (tertiary/aromatic N) is 2. The lowest BCUT2D eigenvalue weighted by Gasteiger charge is -2.25. The Morgan fingerprint density at radius 3 is 2.52 bits per heavy atom. The fourth-order valence-electron chi connectivity index (χ4n) is 3.70. The Labute approximate surface area is 178 Å². The average molecular weight is 418 g/mol. The first kappa shape index (κ1) is 20.3. The van der Waals surface area contributed by atoms with Crippen LogP contribution in [0.2, 0.25) is 0 Å². The Hall–Kier alpha value is -4.00. The van der Waals surface area contributed by atoms with Crippen molar-refractivity contribution < 1.29 is 23.8 Å². The summed E-state index contributed by atoms with van der Waals surface area (Å²) in [5, 5.41) is 11.1. The largest absolute Gasteiger partial charge is 0.507 e. The van der Waals surface area contributed by atoms with Crippen molar-refractivity contribution >= 4 is 17.4 Å². The van der Waals surface area contributed by atoms with Crippen LogP contribution in [0, 0.1) is 5.82 Å². The topological polar surface area (TPSA) is 79.7 Å². The molecule has 1 atom stereocenters. The standard InChI is InChI=1S/C24H19FN2O4/c1-31-19-11-10-16(25)13-18(19)22(28)20-21(15-7-3-2-4-8-15)27(24(30)23(20)29)14-17-9-5-6-12-26-17/h2-13,21,28H,14H2,1H3/b22-20+. The Bertz CT molecular complexity index is 1160. The van der Waals surface area contributed by atoms with Crippen LogP contribution in [0.3, 0.4) is 0 Å². The summed E-state index contributed by atoms with van der Waals surface area (Å²) >= 11 is 0. The molecule has 1 unspecified atom stereocenters. The van der Waals surface area contributed by atoms with Crippen LogP contribution in [0.25, 0.3) is 5.76 Å². The summed E-state index contributed by atoms with van der Waals surface area (Å²) in [6.07, 6.45) is 1.60. The highest BCUT2D eigenvalue weighted by molar-refractivity contribution is 6.46. The number of pyridine rings is 1. The van der Waals surface area contributed by atoms with E-state index in [4.69, 9.17) is 4.74 Å². The second-order valence-corrected chi connectivity index (χ2v) is 7.00. The maximum atomic E-state index is 13.9. The molecule has 1 saturated heterocycles. The van der Waals surface area contributed by atoms with Crippen LogP contribution in [0.4, 0.5) is 4.39 Å². The second kappa shape index (κ2) is 8.39. The smallest absolute Gasteiger partial charge is 0.296 e. The van der Waals surface area contributed by atoms with Crippen molar-refractivity contribution in [3.63, 3.8) is 0 Å². The molecule has 2 aromatic carbocycles. The van der Waals surface area contributed by atoms with Crippen LogP contribution >= 0.6 is 0 Å². The van der Waals surface area contributed by atoms with Gasteiger partial charge in [-0.15, -0.1) is 0 Å². The molecule has 1 N–H and O–H groups in total. The lowest BCUT2D eigenvalue weighted by Crippen LogP contribution is -2.29. The van der Waals surface area contributed by atoms with Crippen molar-refractivity contribution in [3.05, 3.63) is 101 Å². The van der Waals surface area contributed by atoms with Crippen molar-refractivity contribution in [2.75, 3.05) is 7.11 Å². The van der Waals surface area contributed by atoms with Crippen LogP contribution in [-0.4, -0.2) is 33.8 Å². The molecule has 2 heterocycles. The van der Waals surface area contributed by atoms with E-state index >= 15 is 0 Å². The minimum atomic E-state index is -0.865. The highest BCUT2D eigenvalue weighted by atomic mass is 19.1. The zero-order chi connectivity index (χ0) is 22.0.